The molecule has 8 nitrogen and oxygen atoms in total. The van der Waals surface area contributed by atoms with Gasteiger partial charge >= 0.3 is 6.09 Å². The van der Waals surface area contributed by atoms with E-state index in [-0.39, 0.29) is 31.5 Å². The molecule has 1 aliphatic rings. The molecular weight excluding hydrogens is 496 g/mol. The van der Waals surface area contributed by atoms with Crippen LogP contribution >= 0.6 is 0 Å². The van der Waals surface area contributed by atoms with Gasteiger partial charge < -0.3 is 29.2 Å². The van der Waals surface area contributed by atoms with E-state index < -0.39 is 0 Å². The summed E-state index contributed by atoms with van der Waals surface area (Å²) in [7, 11) is 0. The standard InChI is InChI=1S/C31H56N2O6/c1-2-3-4-5-6-7-8-9-10-11-12-13-14-15-17-22-32-31(35)38-28-21-19-24-36-29(28)26-37-30-25-27(39-33-30)20-16-18-23-34/h25,28-29,34H,2-24,26H2,1H3,(H,32,35)/t28-,29+/m1/s1. The Balaban J connectivity index is 1.45. The normalized spacial score (nSPS) is 17.3. The first-order valence-electron chi connectivity index (χ1n) is 16.0. The lowest BCUT2D eigenvalue weighted by molar-refractivity contribution is -0.0940. The van der Waals surface area contributed by atoms with Crippen LogP contribution in [0.2, 0.25) is 0 Å². The number of amides is 1. The minimum Gasteiger partial charge on any atom is -0.473 e. The van der Waals surface area contributed by atoms with E-state index in [1.165, 1.54) is 83.5 Å². The maximum Gasteiger partial charge on any atom is 0.407 e. The third-order valence-electron chi connectivity index (χ3n) is 7.45. The second kappa shape index (κ2) is 23.0. The molecule has 2 rings (SSSR count). The first-order chi connectivity index (χ1) is 19.2. The molecule has 1 aromatic heterocycles. The molecule has 0 spiro atoms. The van der Waals surface area contributed by atoms with Gasteiger partial charge in [-0.2, -0.15) is 0 Å². The van der Waals surface area contributed by atoms with Crippen LogP contribution in [-0.2, 0) is 15.9 Å². The zero-order valence-electron chi connectivity index (χ0n) is 24.6. The average molecular weight is 553 g/mol. The summed E-state index contributed by atoms with van der Waals surface area (Å²) in [5.41, 5.74) is 0. The van der Waals surface area contributed by atoms with Crippen molar-refractivity contribution >= 4 is 6.09 Å². The van der Waals surface area contributed by atoms with Gasteiger partial charge in [-0.05, 0) is 37.3 Å². The van der Waals surface area contributed by atoms with Crippen molar-refractivity contribution < 1.29 is 28.6 Å². The van der Waals surface area contributed by atoms with Crippen LogP contribution in [0.4, 0.5) is 4.79 Å². The van der Waals surface area contributed by atoms with Crippen molar-refractivity contribution in [3.05, 3.63) is 11.8 Å². The van der Waals surface area contributed by atoms with E-state index in [1.807, 2.05) is 0 Å². The molecule has 0 saturated carbocycles. The zero-order chi connectivity index (χ0) is 27.8. The van der Waals surface area contributed by atoms with Gasteiger partial charge in [-0.3, -0.25) is 0 Å². The number of hydrogen-bond donors (Lipinski definition) is 2. The number of nitrogens with one attached hydrogen (secondary N) is 1. The van der Waals surface area contributed by atoms with E-state index >= 15 is 0 Å². The summed E-state index contributed by atoms with van der Waals surface area (Å²) in [5.74, 6) is 1.13. The highest BCUT2D eigenvalue weighted by Crippen LogP contribution is 2.20. The van der Waals surface area contributed by atoms with Crippen molar-refractivity contribution in [2.75, 3.05) is 26.4 Å². The molecule has 2 atom stereocenters. The number of hydrogen-bond acceptors (Lipinski definition) is 7. The molecule has 39 heavy (non-hydrogen) atoms. The van der Waals surface area contributed by atoms with Crippen molar-refractivity contribution in [2.24, 2.45) is 0 Å². The molecule has 1 fully saturated rings. The van der Waals surface area contributed by atoms with Gasteiger partial charge in [-0.25, -0.2) is 4.79 Å². The summed E-state index contributed by atoms with van der Waals surface area (Å²) in [6, 6.07) is 1.76. The van der Waals surface area contributed by atoms with Crippen molar-refractivity contribution in [3.63, 3.8) is 0 Å². The third-order valence-corrected chi connectivity index (χ3v) is 7.45. The molecule has 1 aromatic rings. The van der Waals surface area contributed by atoms with Crippen LogP contribution in [0.25, 0.3) is 0 Å². The Morgan fingerprint density at radius 2 is 1.59 bits per heavy atom. The Morgan fingerprint density at radius 3 is 2.23 bits per heavy atom. The first-order valence-corrected chi connectivity index (χ1v) is 16.0. The maximum absolute atomic E-state index is 12.3. The molecule has 2 N–H and O–H groups in total. The number of nitrogens with zero attached hydrogens (tertiary/aromatic N) is 1. The summed E-state index contributed by atoms with van der Waals surface area (Å²) < 4.78 is 22.5. The van der Waals surface area contributed by atoms with Crippen LogP contribution in [0.15, 0.2) is 10.6 Å². The van der Waals surface area contributed by atoms with Gasteiger partial charge in [0.05, 0.1) is 0 Å². The Hall–Kier alpha value is -1.80. The molecule has 1 amide bonds. The number of carbonyl (C=O) groups is 1. The first kappa shape index (κ1) is 33.4. The van der Waals surface area contributed by atoms with Gasteiger partial charge in [0.15, 0.2) is 0 Å². The average Bonchev–Trinajstić information content (AvgIpc) is 3.40. The minimum atomic E-state index is -0.381. The smallest absolute Gasteiger partial charge is 0.407 e. The molecule has 0 unspecified atom stereocenters. The lowest BCUT2D eigenvalue weighted by Crippen LogP contribution is -2.43. The molecule has 1 saturated heterocycles. The number of aromatic nitrogens is 1. The van der Waals surface area contributed by atoms with Gasteiger partial charge in [0.2, 0.25) is 0 Å². The number of rotatable bonds is 24. The van der Waals surface area contributed by atoms with E-state index in [4.69, 9.17) is 23.8 Å². The van der Waals surface area contributed by atoms with Gasteiger partial charge in [-0.15, -0.1) is 0 Å². The number of aliphatic hydroxyl groups is 1. The van der Waals surface area contributed by atoms with E-state index in [1.54, 1.807) is 6.07 Å². The van der Waals surface area contributed by atoms with E-state index in [2.05, 4.69) is 17.4 Å². The highest BCUT2D eigenvalue weighted by molar-refractivity contribution is 5.67. The van der Waals surface area contributed by atoms with E-state index in [9.17, 15) is 4.79 Å². The largest absolute Gasteiger partial charge is 0.473 e. The van der Waals surface area contributed by atoms with E-state index in [0.29, 0.717) is 25.5 Å². The van der Waals surface area contributed by atoms with Crippen molar-refractivity contribution in [3.8, 4) is 5.88 Å². The van der Waals surface area contributed by atoms with Crippen LogP contribution in [0.5, 0.6) is 5.88 Å². The Morgan fingerprint density at radius 1 is 0.949 bits per heavy atom. The minimum absolute atomic E-state index is 0.172. The maximum atomic E-state index is 12.3. The molecule has 2 heterocycles. The number of ether oxygens (including phenoxy) is 3. The molecule has 1 aliphatic heterocycles. The quantitative estimate of drug-likeness (QED) is 0.128. The summed E-state index contributed by atoms with van der Waals surface area (Å²) in [6.07, 6.45) is 22.7. The number of unbranched alkanes of at least 4 members (excludes halogenated alkanes) is 15. The highest BCUT2D eigenvalue weighted by atomic mass is 16.6. The monoisotopic (exact) mass is 552 g/mol. The summed E-state index contributed by atoms with van der Waals surface area (Å²) in [5, 5.41) is 15.7. The zero-order valence-corrected chi connectivity index (χ0v) is 24.6. The summed E-state index contributed by atoms with van der Waals surface area (Å²) in [4.78, 5) is 12.3. The molecule has 0 aromatic carbocycles. The van der Waals surface area contributed by atoms with Gasteiger partial charge in [0, 0.05) is 32.2 Å². The molecule has 0 radical (unpaired) electrons. The highest BCUT2D eigenvalue weighted by Gasteiger charge is 2.30. The topological polar surface area (TPSA) is 103 Å². The Bertz CT molecular complexity index is 713. The Labute approximate surface area is 236 Å². The molecule has 0 bridgehead atoms. The van der Waals surface area contributed by atoms with Crippen LogP contribution < -0.4 is 10.1 Å². The fourth-order valence-corrected chi connectivity index (χ4v) is 5.03. The predicted molar refractivity (Wildman–Crippen MR) is 154 cm³/mol. The van der Waals surface area contributed by atoms with Gasteiger partial charge in [0.25, 0.3) is 5.88 Å². The van der Waals surface area contributed by atoms with Crippen molar-refractivity contribution in [1.82, 2.24) is 10.5 Å². The predicted octanol–water partition coefficient (Wildman–Crippen LogP) is 7.51. The second-order valence-corrected chi connectivity index (χ2v) is 11.0. The number of alkyl carbamates (subject to hydrolysis) is 1. The number of aryl methyl sites for hydroxylation is 1. The summed E-state index contributed by atoms with van der Waals surface area (Å²) in [6.45, 7) is 3.96. The van der Waals surface area contributed by atoms with Crippen molar-refractivity contribution in [2.45, 2.75) is 148 Å². The Kier molecular flexibility index (Phi) is 19.7. The third kappa shape index (κ3) is 16.8. The lowest BCUT2D eigenvalue weighted by Gasteiger charge is -2.30. The number of aliphatic hydroxyl groups excluding tert-OH is 1. The molecule has 8 heteroatoms. The van der Waals surface area contributed by atoms with Crippen LogP contribution in [0.3, 0.4) is 0 Å². The van der Waals surface area contributed by atoms with Gasteiger partial charge in [0.1, 0.15) is 24.6 Å². The SMILES string of the molecule is CCCCCCCCCCCCCCCCCNC(=O)O[C@@H]1CCCO[C@H]1COc1cc(CCCCO)on1. The molecular formula is C31H56N2O6. The van der Waals surface area contributed by atoms with Crippen LogP contribution in [-0.4, -0.2) is 54.9 Å². The second-order valence-electron chi connectivity index (χ2n) is 11.0. The fraction of sp³-hybridized carbons (Fsp3) is 0.871. The van der Waals surface area contributed by atoms with Gasteiger partial charge in [-0.1, -0.05) is 96.8 Å². The molecule has 226 valence electrons. The number of carbonyl (C=O) groups excluding carboxylic acids is 1. The summed E-state index contributed by atoms with van der Waals surface area (Å²) >= 11 is 0. The van der Waals surface area contributed by atoms with E-state index in [0.717, 1.165) is 44.3 Å². The lowest BCUT2D eigenvalue weighted by atomic mass is 10.0. The van der Waals surface area contributed by atoms with Crippen molar-refractivity contribution in [1.29, 1.82) is 0 Å². The van der Waals surface area contributed by atoms with Crippen LogP contribution in [0, 0.1) is 0 Å². The molecule has 0 aliphatic carbocycles. The fourth-order valence-electron chi connectivity index (χ4n) is 5.03. The van der Waals surface area contributed by atoms with Crippen LogP contribution in [0.1, 0.15) is 135 Å².